The molecule has 0 bridgehead atoms. The fourth-order valence-electron chi connectivity index (χ4n) is 1.27. The molecule has 2 amide bonds. The second kappa shape index (κ2) is 7.81. The molecular weight excluding hydrogens is 300 g/mol. The van der Waals surface area contributed by atoms with Crippen LogP contribution in [0.15, 0.2) is 39.9 Å². The number of imide groups is 1. The topological polar surface area (TPSA) is 100 Å². The zero-order valence-electron chi connectivity index (χ0n) is 11.8. The van der Waals surface area contributed by atoms with Gasteiger partial charge in [-0.15, -0.1) is 10.2 Å². The highest BCUT2D eigenvalue weighted by atomic mass is 19.1. The Kier molecular flexibility index (Phi) is 6.11. The first-order chi connectivity index (χ1) is 10.3. The number of halogens is 2. The maximum atomic E-state index is 13.4. The van der Waals surface area contributed by atoms with Gasteiger partial charge >= 0.3 is 6.09 Å². The van der Waals surface area contributed by atoms with E-state index in [1.165, 1.54) is 6.92 Å². The molecule has 9 heteroatoms. The molecule has 0 unspecified atom stereocenters. The zero-order valence-corrected chi connectivity index (χ0v) is 11.8. The molecule has 0 fully saturated rings. The van der Waals surface area contributed by atoms with Crippen molar-refractivity contribution in [2.75, 3.05) is 6.61 Å². The van der Waals surface area contributed by atoms with Crippen LogP contribution in [0.1, 0.15) is 13.8 Å². The minimum Gasteiger partial charge on any atom is -0.510 e. The Morgan fingerprint density at radius 3 is 2.59 bits per heavy atom. The number of nitrogens with one attached hydrogen (secondary N) is 1. The molecule has 1 rings (SSSR count). The highest BCUT2D eigenvalue weighted by molar-refractivity contribution is 6.02. The van der Waals surface area contributed by atoms with Crippen molar-refractivity contribution in [3.8, 4) is 0 Å². The highest BCUT2D eigenvalue weighted by Gasteiger charge is 2.17. The lowest BCUT2D eigenvalue weighted by molar-refractivity contribution is -0.117. The van der Waals surface area contributed by atoms with Gasteiger partial charge in [0.25, 0.3) is 5.91 Å². The molecule has 0 aromatic heterocycles. The number of hydrogen-bond donors (Lipinski definition) is 2. The van der Waals surface area contributed by atoms with Gasteiger partial charge in [0.2, 0.25) is 0 Å². The Morgan fingerprint density at radius 1 is 1.36 bits per heavy atom. The Morgan fingerprint density at radius 2 is 2.05 bits per heavy atom. The molecule has 0 heterocycles. The van der Waals surface area contributed by atoms with Crippen molar-refractivity contribution in [2.24, 2.45) is 10.2 Å². The quantitative estimate of drug-likeness (QED) is 0.506. The number of aliphatic hydroxyl groups is 1. The van der Waals surface area contributed by atoms with Crippen LogP contribution in [0.3, 0.4) is 0 Å². The van der Waals surface area contributed by atoms with E-state index in [2.05, 4.69) is 15.0 Å². The molecule has 1 aromatic rings. The predicted molar refractivity (Wildman–Crippen MR) is 71.4 cm³/mol. The Hall–Kier alpha value is -2.84. The lowest BCUT2D eigenvalue weighted by atomic mass is 10.3. The average Bonchev–Trinajstić information content (AvgIpc) is 2.40. The summed E-state index contributed by atoms with van der Waals surface area (Å²) in [5, 5.41) is 17.9. The molecule has 0 saturated carbocycles. The van der Waals surface area contributed by atoms with Crippen LogP contribution in [0, 0.1) is 11.6 Å². The molecule has 7 nitrogen and oxygen atoms in total. The number of carbonyl (C=O) groups excluding carboxylic acids is 2. The van der Waals surface area contributed by atoms with Gasteiger partial charge in [-0.1, -0.05) is 0 Å². The van der Waals surface area contributed by atoms with E-state index < -0.39 is 35.1 Å². The molecule has 0 radical (unpaired) electrons. The van der Waals surface area contributed by atoms with Crippen LogP contribution in [-0.4, -0.2) is 23.7 Å². The van der Waals surface area contributed by atoms with E-state index in [4.69, 9.17) is 0 Å². The summed E-state index contributed by atoms with van der Waals surface area (Å²) >= 11 is 0. The van der Waals surface area contributed by atoms with Gasteiger partial charge in [0, 0.05) is 6.07 Å². The number of rotatable bonds is 4. The molecule has 22 heavy (non-hydrogen) atoms. The number of alkyl carbamates (subject to hydrolysis) is 1. The van der Waals surface area contributed by atoms with Gasteiger partial charge in [0.15, 0.2) is 11.5 Å². The van der Waals surface area contributed by atoms with Crippen molar-refractivity contribution in [2.45, 2.75) is 13.8 Å². The fraction of sp³-hybridized carbons (Fsp3) is 0.231. The standard InChI is InChI=1S/C13H13F2N3O4/c1-3-22-13(21)16-12(20)11(7(2)19)18-17-10-5-4-8(14)6-9(10)15/h4-6,19H,3H2,1-2H3,(H,16,20,21)/b11-7-,18-17?. The van der Waals surface area contributed by atoms with Crippen molar-refractivity contribution in [3.63, 3.8) is 0 Å². The Balaban J connectivity index is 2.94. The van der Waals surface area contributed by atoms with Crippen LogP contribution >= 0.6 is 0 Å². The minimum absolute atomic E-state index is 0.0403. The summed E-state index contributed by atoms with van der Waals surface area (Å²) in [5.41, 5.74) is -0.958. The van der Waals surface area contributed by atoms with Gasteiger partial charge < -0.3 is 9.84 Å². The van der Waals surface area contributed by atoms with Crippen molar-refractivity contribution < 1.29 is 28.2 Å². The number of ether oxygens (including phenoxy) is 1. The Bertz CT molecular complexity index is 640. The first kappa shape index (κ1) is 17.2. The molecule has 0 atom stereocenters. The molecule has 0 spiro atoms. The normalized spacial score (nSPS) is 12.0. The fourth-order valence-corrected chi connectivity index (χ4v) is 1.27. The van der Waals surface area contributed by atoms with E-state index in [1.807, 2.05) is 0 Å². The monoisotopic (exact) mass is 313 g/mol. The molecule has 0 aliphatic carbocycles. The first-order valence-electron chi connectivity index (χ1n) is 6.09. The second-order valence-corrected chi connectivity index (χ2v) is 3.90. The van der Waals surface area contributed by atoms with E-state index in [0.29, 0.717) is 6.07 Å². The van der Waals surface area contributed by atoms with Gasteiger partial charge in [-0.3, -0.25) is 10.1 Å². The largest absolute Gasteiger partial charge is 0.510 e. The SMILES string of the molecule is CCOC(=O)NC(=O)/C(N=Nc1ccc(F)cc1F)=C(\C)O. The van der Waals surface area contributed by atoms with E-state index in [9.17, 15) is 23.5 Å². The smallest absolute Gasteiger partial charge is 0.414 e. The van der Waals surface area contributed by atoms with Crippen molar-refractivity contribution in [1.29, 1.82) is 0 Å². The van der Waals surface area contributed by atoms with Crippen molar-refractivity contribution in [1.82, 2.24) is 5.32 Å². The van der Waals surface area contributed by atoms with Gasteiger partial charge in [-0.2, -0.15) is 0 Å². The molecule has 0 aliphatic heterocycles. The summed E-state index contributed by atoms with van der Waals surface area (Å²) in [6, 6.07) is 2.54. The second-order valence-electron chi connectivity index (χ2n) is 3.90. The van der Waals surface area contributed by atoms with Crippen LogP contribution in [0.5, 0.6) is 0 Å². The van der Waals surface area contributed by atoms with Crippen LogP contribution in [0.2, 0.25) is 0 Å². The molecule has 2 N–H and O–H groups in total. The zero-order chi connectivity index (χ0) is 16.7. The van der Waals surface area contributed by atoms with Crippen LogP contribution in [-0.2, 0) is 9.53 Å². The Labute approximate surface area is 124 Å². The summed E-state index contributed by atoms with van der Waals surface area (Å²) < 4.78 is 30.6. The van der Waals surface area contributed by atoms with E-state index in [1.54, 1.807) is 5.32 Å². The summed E-state index contributed by atoms with van der Waals surface area (Å²) in [6.45, 7) is 2.70. The average molecular weight is 313 g/mol. The van der Waals surface area contributed by atoms with Gasteiger partial charge in [-0.25, -0.2) is 13.6 Å². The summed E-state index contributed by atoms with van der Waals surface area (Å²) in [4.78, 5) is 22.8. The number of hydrogen-bond acceptors (Lipinski definition) is 6. The number of nitrogens with zero attached hydrogens (tertiary/aromatic N) is 2. The summed E-state index contributed by atoms with van der Waals surface area (Å²) in [6.07, 6.45) is -1.03. The number of aliphatic hydroxyl groups excluding tert-OH is 1. The van der Waals surface area contributed by atoms with Crippen LogP contribution < -0.4 is 5.32 Å². The number of azo groups is 1. The summed E-state index contributed by atoms with van der Waals surface area (Å²) in [7, 11) is 0. The van der Waals surface area contributed by atoms with Gasteiger partial charge in [0.1, 0.15) is 17.3 Å². The number of amides is 2. The van der Waals surface area contributed by atoms with Gasteiger partial charge in [-0.05, 0) is 26.0 Å². The number of carbonyl (C=O) groups is 2. The highest BCUT2D eigenvalue weighted by Crippen LogP contribution is 2.20. The van der Waals surface area contributed by atoms with Crippen LogP contribution in [0.4, 0.5) is 19.3 Å². The maximum Gasteiger partial charge on any atom is 0.414 e. The van der Waals surface area contributed by atoms with Crippen LogP contribution in [0.25, 0.3) is 0 Å². The predicted octanol–water partition coefficient (Wildman–Crippen LogP) is 3.11. The van der Waals surface area contributed by atoms with E-state index >= 15 is 0 Å². The number of benzene rings is 1. The van der Waals surface area contributed by atoms with E-state index in [0.717, 1.165) is 19.1 Å². The maximum absolute atomic E-state index is 13.4. The van der Waals surface area contributed by atoms with Gasteiger partial charge in [0.05, 0.1) is 6.61 Å². The third kappa shape index (κ3) is 4.93. The lowest BCUT2D eigenvalue weighted by Gasteiger charge is -2.04. The van der Waals surface area contributed by atoms with E-state index in [-0.39, 0.29) is 12.3 Å². The van der Waals surface area contributed by atoms with Crippen molar-refractivity contribution in [3.05, 3.63) is 41.3 Å². The minimum atomic E-state index is -1.08. The number of allylic oxidation sites excluding steroid dienone is 1. The summed E-state index contributed by atoms with van der Waals surface area (Å²) in [5.74, 6) is -3.42. The molecular formula is C13H13F2N3O4. The molecule has 0 saturated heterocycles. The molecule has 118 valence electrons. The third-order valence-electron chi connectivity index (χ3n) is 2.22. The third-order valence-corrected chi connectivity index (χ3v) is 2.22. The first-order valence-corrected chi connectivity index (χ1v) is 6.09. The van der Waals surface area contributed by atoms with Crippen molar-refractivity contribution >= 4 is 17.7 Å². The molecule has 0 aliphatic rings. The molecule has 1 aromatic carbocycles. The lowest BCUT2D eigenvalue weighted by Crippen LogP contribution is -2.32.